The topological polar surface area (TPSA) is 25.0 Å². The summed E-state index contributed by atoms with van der Waals surface area (Å²) in [4.78, 5) is 3.41. The Kier molecular flexibility index (Phi) is 5.72. The summed E-state index contributed by atoms with van der Waals surface area (Å²) in [5.41, 5.74) is 5.57. The number of hydrogen-bond acceptors (Lipinski definition) is 1. The Balaban J connectivity index is 1.51. The van der Waals surface area contributed by atoms with Gasteiger partial charge in [-0.15, -0.1) is 0 Å². The minimum atomic E-state index is -0.0467. The molecule has 4 aromatic carbocycles. The third kappa shape index (κ3) is 4.43. The number of nitrogens with one attached hydrogen (secondary N) is 1. The highest BCUT2D eigenvalue weighted by atomic mass is 16.5. The molecule has 1 unspecified atom stereocenters. The van der Waals surface area contributed by atoms with Gasteiger partial charge >= 0.3 is 0 Å². The van der Waals surface area contributed by atoms with Crippen LogP contribution >= 0.6 is 0 Å². The van der Waals surface area contributed by atoms with Crippen LogP contribution in [-0.4, -0.2) is 4.98 Å². The van der Waals surface area contributed by atoms with Crippen LogP contribution in [0.3, 0.4) is 0 Å². The van der Waals surface area contributed by atoms with Crippen molar-refractivity contribution in [2.75, 3.05) is 0 Å². The highest BCUT2D eigenvalue weighted by Crippen LogP contribution is 2.33. The molecule has 2 nitrogen and oxygen atoms in total. The molecule has 0 fully saturated rings. The maximum Gasteiger partial charge on any atom is 0.120 e. The van der Waals surface area contributed by atoms with E-state index < -0.39 is 0 Å². The molecule has 0 spiro atoms. The summed E-state index contributed by atoms with van der Waals surface area (Å²) >= 11 is 0. The lowest BCUT2D eigenvalue weighted by molar-refractivity contribution is 0.306. The van der Waals surface area contributed by atoms with Gasteiger partial charge in [0.05, 0.1) is 5.92 Å². The Bertz CT molecular complexity index is 1360. The second-order valence-electron chi connectivity index (χ2n) is 7.70. The number of fused-ring (bicyclic) bond motifs is 1. The number of ether oxygens (including phenoxy) is 1. The van der Waals surface area contributed by atoms with Gasteiger partial charge in [-0.3, -0.25) is 0 Å². The van der Waals surface area contributed by atoms with Gasteiger partial charge in [0.15, 0.2) is 0 Å². The molecule has 0 aliphatic heterocycles. The van der Waals surface area contributed by atoms with E-state index in [4.69, 9.17) is 4.74 Å². The summed E-state index contributed by atoms with van der Waals surface area (Å²) in [7, 11) is 0. The van der Waals surface area contributed by atoms with Gasteiger partial charge in [-0.2, -0.15) is 0 Å². The van der Waals surface area contributed by atoms with E-state index in [-0.39, 0.29) is 5.92 Å². The highest BCUT2D eigenvalue weighted by Gasteiger charge is 2.16. The first-order valence-corrected chi connectivity index (χ1v) is 10.8. The number of hydrogen-bond donors (Lipinski definition) is 1. The fraction of sp³-hybridized carbons (Fsp3) is 0.0667. The lowest BCUT2D eigenvalue weighted by Crippen LogP contribution is -1.98. The Morgan fingerprint density at radius 2 is 1.44 bits per heavy atom. The van der Waals surface area contributed by atoms with Crippen LogP contribution in [0, 0.1) is 11.8 Å². The summed E-state index contributed by atoms with van der Waals surface area (Å²) in [6.45, 7) is 0.544. The van der Waals surface area contributed by atoms with Crippen molar-refractivity contribution in [1.82, 2.24) is 4.98 Å². The van der Waals surface area contributed by atoms with Gasteiger partial charge in [-0.1, -0.05) is 90.7 Å². The number of benzene rings is 4. The van der Waals surface area contributed by atoms with Crippen LogP contribution in [0.1, 0.15) is 28.2 Å². The molecule has 1 aromatic heterocycles. The van der Waals surface area contributed by atoms with Gasteiger partial charge < -0.3 is 9.72 Å². The molecule has 0 radical (unpaired) electrons. The van der Waals surface area contributed by atoms with Crippen LogP contribution in [0.4, 0.5) is 0 Å². The first kappa shape index (κ1) is 19.7. The number of aromatic nitrogens is 1. The molecule has 5 aromatic rings. The summed E-state index contributed by atoms with van der Waals surface area (Å²) < 4.78 is 6.09. The Morgan fingerprint density at radius 3 is 2.19 bits per heavy atom. The average molecular weight is 414 g/mol. The second-order valence-corrected chi connectivity index (χ2v) is 7.70. The molecule has 32 heavy (non-hydrogen) atoms. The van der Waals surface area contributed by atoms with E-state index in [2.05, 4.69) is 71.6 Å². The maximum atomic E-state index is 6.09. The molecule has 0 aliphatic rings. The molecule has 154 valence electrons. The van der Waals surface area contributed by atoms with Crippen molar-refractivity contribution in [3.8, 4) is 17.6 Å². The van der Waals surface area contributed by atoms with Crippen LogP contribution in [0.25, 0.3) is 10.9 Å². The monoisotopic (exact) mass is 413 g/mol. The highest BCUT2D eigenvalue weighted by molar-refractivity contribution is 5.86. The Morgan fingerprint density at radius 1 is 0.750 bits per heavy atom. The zero-order valence-corrected chi connectivity index (χ0v) is 17.7. The molecule has 0 saturated heterocycles. The molecular weight excluding hydrogens is 390 g/mol. The molecule has 5 rings (SSSR count). The van der Waals surface area contributed by atoms with Crippen molar-refractivity contribution in [2.24, 2.45) is 0 Å². The molecule has 0 saturated carbocycles. The summed E-state index contributed by atoms with van der Waals surface area (Å²) in [6, 6.07) is 37.0. The molecule has 1 heterocycles. The molecule has 1 N–H and O–H groups in total. The quantitative estimate of drug-likeness (QED) is 0.311. The molecule has 0 bridgehead atoms. The van der Waals surface area contributed by atoms with Crippen molar-refractivity contribution >= 4 is 10.9 Å². The minimum Gasteiger partial charge on any atom is -0.489 e. The van der Waals surface area contributed by atoms with E-state index in [0.717, 1.165) is 33.3 Å². The summed E-state index contributed by atoms with van der Waals surface area (Å²) in [5.74, 6) is 7.68. The van der Waals surface area contributed by atoms with Crippen LogP contribution in [-0.2, 0) is 6.61 Å². The first-order chi connectivity index (χ1) is 15.9. The Labute approximate surface area is 188 Å². The van der Waals surface area contributed by atoms with Crippen molar-refractivity contribution in [1.29, 1.82) is 0 Å². The second kappa shape index (κ2) is 9.29. The van der Waals surface area contributed by atoms with Crippen molar-refractivity contribution in [3.05, 3.63) is 138 Å². The fourth-order valence-corrected chi connectivity index (χ4v) is 3.85. The molecule has 0 aliphatic carbocycles. The standard InChI is InChI=1S/C30H23NO/c1-4-10-23(11-5-1)16-18-27(25-14-8-3-9-15-25)29-21-31-30-19-17-26(20-28(29)30)32-22-24-12-6-2-7-13-24/h1-15,17,19-21,27,31H,22H2. The average Bonchev–Trinajstić information content (AvgIpc) is 3.28. The molecular formula is C30H23NO. The van der Waals surface area contributed by atoms with Crippen LogP contribution in [0.15, 0.2) is 115 Å². The Hall–Kier alpha value is -4.22. The van der Waals surface area contributed by atoms with E-state index >= 15 is 0 Å². The van der Waals surface area contributed by atoms with E-state index in [9.17, 15) is 0 Å². The number of rotatable bonds is 5. The maximum absolute atomic E-state index is 6.09. The van der Waals surface area contributed by atoms with E-state index in [1.165, 1.54) is 5.56 Å². The summed E-state index contributed by atoms with van der Waals surface area (Å²) in [5, 5.41) is 1.13. The first-order valence-electron chi connectivity index (χ1n) is 10.8. The minimum absolute atomic E-state index is 0.0467. The summed E-state index contributed by atoms with van der Waals surface area (Å²) in [6.07, 6.45) is 2.07. The third-order valence-electron chi connectivity index (χ3n) is 5.51. The largest absolute Gasteiger partial charge is 0.489 e. The van der Waals surface area contributed by atoms with Gasteiger partial charge in [0, 0.05) is 22.7 Å². The van der Waals surface area contributed by atoms with Crippen LogP contribution < -0.4 is 4.74 Å². The van der Waals surface area contributed by atoms with Gasteiger partial charge in [-0.05, 0) is 47.0 Å². The van der Waals surface area contributed by atoms with Crippen molar-refractivity contribution in [3.63, 3.8) is 0 Å². The zero-order chi connectivity index (χ0) is 21.6. The predicted molar refractivity (Wildman–Crippen MR) is 131 cm³/mol. The lowest BCUT2D eigenvalue weighted by Gasteiger charge is -2.12. The van der Waals surface area contributed by atoms with Gasteiger partial charge in [0.25, 0.3) is 0 Å². The lowest BCUT2D eigenvalue weighted by atomic mass is 9.91. The fourth-order valence-electron chi connectivity index (χ4n) is 3.85. The van der Waals surface area contributed by atoms with Crippen molar-refractivity contribution < 1.29 is 4.74 Å². The predicted octanol–water partition coefficient (Wildman–Crippen LogP) is 6.93. The third-order valence-corrected chi connectivity index (χ3v) is 5.51. The van der Waals surface area contributed by atoms with E-state index in [1.54, 1.807) is 0 Å². The van der Waals surface area contributed by atoms with Crippen molar-refractivity contribution in [2.45, 2.75) is 12.5 Å². The number of aromatic amines is 1. The van der Waals surface area contributed by atoms with Gasteiger partial charge in [-0.25, -0.2) is 0 Å². The van der Waals surface area contributed by atoms with E-state index in [0.29, 0.717) is 6.61 Å². The molecule has 0 amide bonds. The van der Waals surface area contributed by atoms with E-state index in [1.807, 2.05) is 60.7 Å². The number of H-pyrrole nitrogens is 1. The smallest absolute Gasteiger partial charge is 0.120 e. The van der Waals surface area contributed by atoms with Gasteiger partial charge in [0.2, 0.25) is 0 Å². The van der Waals surface area contributed by atoms with Crippen LogP contribution in [0.2, 0.25) is 0 Å². The zero-order valence-electron chi connectivity index (χ0n) is 17.7. The molecule has 1 atom stereocenters. The van der Waals surface area contributed by atoms with Gasteiger partial charge in [0.1, 0.15) is 12.4 Å². The van der Waals surface area contributed by atoms with Crippen LogP contribution in [0.5, 0.6) is 5.75 Å². The normalized spacial score (nSPS) is 11.5. The molecule has 2 heteroatoms. The SMILES string of the molecule is C(#CC(c1ccccc1)c1c[nH]c2ccc(OCc3ccccc3)cc12)c1ccccc1.